The number of hydrogen-bond donors (Lipinski definition) is 1. The second-order valence-electron chi connectivity index (χ2n) is 6.16. The summed E-state index contributed by atoms with van der Waals surface area (Å²) < 4.78 is 5.55. The first-order valence-electron chi connectivity index (χ1n) is 7.76. The van der Waals surface area contributed by atoms with Crippen LogP contribution < -0.4 is 10.5 Å². The van der Waals surface area contributed by atoms with Crippen LogP contribution in [0.25, 0.3) is 0 Å². The molecular weight excluding hydrogens is 306 g/mol. The fraction of sp³-hybridized carbons (Fsp3) is 0.278. The van der Waals surface area contributed by atoms with Crippen LogP contribution in [0.2, 0.25) is 0 Å². The van der Waals surface area contributed by atoms with E-state index >= 15 is 0 Å². The van der Waals surface area contributed by atoms with Crippen LogP contribution in [-0.4, -0.2) is 23.6 Å². The van der Waals surface area contributed by atoms with Crippen molar-refractivity contribution in [2.45, 2.75) is 24.7 Å². The van der Waals surface area contributed by atoms with E-state index in [9.17, 15) is 14.9 Å². The lowest BCUT2D eigenvalue weighted by Crippen LogP contribution is -2.46. The Morgan fingerprint density at radius 3 is 2.79 bits per heavy atom. The van der Waals surface area contributed by atoms with E-state index in [1.54, 1.807) is 31.3 Å². The minimum absolute atomic E-state index is 0.00157. The molecule has 1 aromatic rings. The van der Waals surface area contributed by atoms with Crippen LogP contribution in [0.1, 0.15) is 24.8 Å². The molecule has 6 heteroatoms. The van der Waals surface area contributed by atoms with Gasteiger partial charge in [-0.1, -0.05) is 18.2 Å². The van der Waals surface area contributed by atoms with Crippen molar-refractivity contribution in [2.75, 3.05) is 7.05 Å². The summed E-state index contributed by atoms with van der Waals surface area (Å²) in [6.45, 7) is 0. The van der Waals surface area contributed by atoms with Gasteiger partial charge in [-0.25, -0.2) is 0 Å². The maximum absolute atomic E-state index is 13.3. The van der Waals surface area contributed by atoms with Crippen molar-refractivity contribution in [3.8, 4) is 11.8 Å². The normalized spacial score (nSPS) is 25.6. The first-order chi connectivity index (χ1) is 11.5. The molecule has 0 saturated heterocycles. The fourth-order valence-electron chi connectivity index (χ4n) is 4.04. The Hall–Kier alpha value is -3.07. The molecule has 1 spiro atoms. The van der Waals surface area contributed by atoms with Crippen molar-refractivity contribution >= 4 is 11.7 Å². The van der Waals surface area contributed by atoms with Crippen LogP contribution in [-0.2, 0) is 15.0 Å². The average molecular weight is 321 g/mol. The molecule has 2 heterocycles. The summed E-state index contributed by atoms with van der Waals surface area (Å²) in [5.41, 5.74) is 6.07. The molecule has 0 fully saturated rings. The monoisotopic (exact) mass is 321 g/mol. The molecule has 0 aromatic heterocycles. The number of ketones is 1. The third-order valence-electron chi connectivity index (χ3n) is 5.03. The number of amides is 1. The number of ether oxygens (including phenoxy) is 1. The van der Waals surface area contributed by atoms with Gasteiger partial charge < -0.3 is 15.4 Å². The van der Waals surface area contributed by atoms with Gasteiger partial charge in [-0.05, 0) is 18.9 Å². The third-order valence-corrected chi connectivity index (χ3v) is 5.03. The molecule has 0 unspecified atom stereocenters. The summed E-state index contributed by atoms with van der Waals surface area (Å²) in [7, 11) is 1.65. The molecule has 4 rings (SSSR count). The zero-order valence-corrected chi connectivity index (χ0v) is 13.1. The van der Waals surface area contributed by atoms with Gasteiger partial charge in [-0.15, -0.1) is 0 Å². The fourth-order valence-corrected chi connectivity index (χ4v) is 4.04. The van der Waals surface area contributed by atoms with E-state index in [1.807, 2.05) is 6.07 Å². The van der Waals surface area contributed by atoms with Gasteiger partial charge in [0.15, 0.2) is 5.78 Å². The summed E-state index contributed by atoms with van der Waals surface area (Å²) in [6, 6.07) is 8.97. The van der Waals surface area contributed by atoms with E-state index in [4.69, 9.17) is 10.5 Å². The number of nitrogens with two attached hydrogens (primary N) is 1. The second kappa shape index (κ2) is 4.71. The van der Waals surface area contributed by atoms with E-state index in [1.165, 1.54) is 4.90 Å². The van der Waals surface area contributed by atoms with Crippen molar-refractivity contribution < 1.29 is 14.3 Å². The largest absolute Gasteiger partial charge is 0.440 e. The SMILES string of the molecule is CN1C(=O)[C@@]2(C(C#N)=C(N)Oc3ccccc32)C2=C1CCCC2=O. The number of para-hydroxylation sites is 1. The molecule has 2 aliphatic heterocycles. The second-order valence-corrected chi connectivity index (χ2v) is 6.16. The first-order valence-corrected chi connectivity index (χ1v) is 7.76. The molecule has 1 amide bonds. The zero-order chi connectivity index (χ0) is 17.1. The number of rotatable bonds is 0. The molecule has 3 aliphatic rings. The van der Waals surface area contributed by atoms with Gasteiger partial charge in [-0.2, -0.15) is 5.26 Å². The molecular formula is C18H15N3O3. The number of carbonyl (C=O) groups excluding carboxylic acids is 2. The number of fused-ring (bicyclic) bond motifs is 3. The highest BCUT2D eigenvalue weighted by Gasteiger charge is 2.61. The number of nitrogens with zero attached hydrogens (tertiary/aromatic N) is 2. The van der Waals surface area contributed by atoms with Crippen LogP contribution in [0, 0.1) is 11.3 Å². The number of Topliss-reactive ketones (excluding diaryl/α,β-unsaturated/α-hetero) is 1. The van der Waals surface area contributed by atoms with Crippen LogP contribution in [0.15, 0.2) is 47.0 Å². The topological polar surface area (TPSA) is 96.4 Å². The van der Waals surface area contributed by atoms with E-state index in [-0.39, 0.29) is 23.1 Å². The van der Waals surface area contributed by atoms with Gasteiger partial charge in [0.05, 0.1) is 0 Å². The number of benzene rings is 1. The standard InChI is InChI=1S/C18H15N3O3/c1-21-12-6-4-7-13(22)15(12)18(17(21)23)10-5-2-3-8-14(10)24-16(20)11(18)9-19/h2-3,5,8H,4,6-7,20H2,1H3/t18-/m0/s1. The predicted octanol–water partition coefficient (Wildman–Crippen LogP) is 1.49. The molecule has 0 bridgehead atoms. The van der Waals surface area contributed by atoms with Crippen molar-refractivity contribution in [1.82, 2.24) is 4.90 Å². The van der Waals surface area contributed by atoms with E-state index in [2.05, 4.69) is 0 Å². The summed E-state index contributed by atoms with van der Waals surface area (Å²) in [5.74, 6) is -0.142. The summed E-state index contributed by atoms with van der Waals surface area (Å²) in [5, 5.41) is 9.72. The van der Waals surface area contributed by atoms with Gasteiger partial charge in [0.1, 0.15) is 22.8 Å². The Kier molecular flexibility index (Phi) is 2.85. The van der Waals surface area contributed by atoms with Gasteiger partial charge >= 0.3 is 0 Å². The van der Waals surface area contributed by atoms with Crippen molar-refractivity contribution in [1.29, 1.82) is 5.26 Å². The van der Waals surface area contributed by atoms with Crippen LogP contribution in [0.3, 0.4) is 0 Å². The molecule has 1 aliphatic carbocycles. The molecule has 120 valence electrons. The predicted molar refractivity (Wildman–Crippen MR) is 84.2 cm³/mol. The quantitative estimate of drug-likeness (QED) is 0.781. The highest BCUT2D eigenvalue weighted by atomic mass is 16.5. The van der Waals surface area contributed by atoms with Crippen LogP contribution >= 0.6 is 0 Å². The van der Waals surface area contributed by atoms with E-state index in [0.29, 0.717) is 41.8 Å². The number of carbonyl (C=O) groups is 2. The van der Waals surface area contributed by atoms with E-state index in [0.717, 1.165) is 0 Å². The number of allylic oxidation sites excluding steroid dienone is 1. The Morgan fingerprint density at radius 1 is 1.29 bits per heavy atom. The lowest BCUT2D eigenvalue weighted by Gasteiger charge is -2.35. The summed E-state index contributed by atoms with van der Waals surface area (Å²) in [4.78, 5) is 27.6. The van der Waals surface area contributed by atoms with Crippen molar-refractivity contribution in [3.63, 3.8) is 0 Å². The smallest absolute Gasteiger partial charge is 0.247 e. The number of likely N-dealkylation sites (N-methyl/N-ethyl adjacent to an activating group) is 1. The van der Waals surface area contributed by atoms with E-state index < -0.39 is 5.41 Å². The molecule has 2 N–H and O–H groups in total. The third kappa shape index (κ3) is 1.49. The molecule has 6 nitrogen and oxygen atoms in total. The highest BCUT2D eigenvalue weighted by Crippen LogP contribution is 2.55. The molecule has 0 saturated carbocycles. The minimum Gasteiger partial charge on any atom is -0.440 e. The van der Waals surface area contributed by atoms with Gasteiger partial charge in [0, 0.05) is 30.3 Å². The Morgan fingerprint density at radius 2 is 2.04 bits per heavy atom. The van der Waals surface area contributed by atoms with Crippen molar-refractivity contribution in [2.24, 2.45) is 5.73 Å². The van der Waals surface area contributed by atoms with Gasteiger partial charge in [0.25, 0.3) is 0 Å². The Labute approximate surface area is 138 Å². The minimum atomic E-state index is -1.48. The molecule has 0 radical (unpaired) electrons. The van der Waals surface area contributed by atoms with Crippen molar-refractivity contribution in [3.05, 3.63) is 52.6 Å². The zero-order valence-electron chi connectivity index (χ0n) is 13.1. The lowest BCUT2D eigenvalue weighted by atomic mass is 9.65. The van der Waals surface area contributed by atoms with Gasteiger partial charge in [0.2, 0.25) is 11.8 Å². The van der Waals surface area contributed by atoms with Gasteiger partial charge in [-0.3, -0.25) is 9.59 Å². The first kappa shape index (κ1) is 14.5. The maximum atomic E-state index is 13.3. The lowest BCUT2D eigenvalue weighted by molar-refractivity contribution is -0.130. The number of hydrogen-bond acceptors (Lipinski definition) is 5. The average Bonchev–Trinajstić information content (AvgIpc) is 2.80. The highest BCUT2D eigenvalue weighted by molar-refractivity contribution is 6.15. The Balaban J connectivity index is 2.15. The summed E-state index contributed by atoms with van der Waals surface area (Å²) >= 11 is 0. The maximum Gasteiger partial charge on any atom is 0.247 e. The molecule has 1 aromatic carbocycles. The van der Waals surface area contributed by atoms with Crippen LogP contribution in [0.4, 0.5) is 0 Å². The molecule has 1 atom stereocenters. The molecule has 24 heavy (non-hydrogen) atoms. The van der Waals surface area contributed by atoms with Crippen LogP contribution in [0.5, 0.6) is 5.75 Å². The number of nitriles is 1. The Bertz CT molecular complexity index is 906. The summed E-state index contributed by atoms with van der Waals surface area (Å²) in [6.07, 6.45) is 1.70.